The predicted octanol–water partition coefficient (Wildman–Crippen LogP) is 2.20. The maximum Gasteiger partial charge on any atom is 0.260 e. The molecule has 0 aromatic heterocycles. The molecule has 1 aromatic rings. The third-order valence-corrected chi connectivity index (χ3v) is 5.34. The van der Waals surface area contributed by atoms with Crippen LogP contribution in [0.5, 0.6) is 5.75 Å². The standard InChI is InChI=1S/C19H26ClN3O3.ClH/c20-16-2-4-17(5-3-16)26-14-19(25)23-11-9-22(10-12-23)18(24)6-1-15-7-8-21-13-15;/h2-5,15,21H,1,6-14H2;1H. The first-order valence-corrected chi connectivity index (χ1v) is 9.64. The van der Waals surface area contributed by atoms with Crippen molar-refractivity contribution in [1.29, 1.82) is 0 Å². The minimum atomic E-state index is -0.0518. The largest absolute Gasteiger partial charge is 0.484 e. The lowest BCUT2D eigenvalue weighted by molar-refractivity contribution is -0.140. The highest BCUT2D eigenvalue weighted by Crippen LogP contribution is 2.17. The smallest absolute Gasteiger partial charge is 0.260 e. The van der Waals surface area contributed by atoms with E-state index in [1.807, 2.05) is 4.90 Å². The maximum absolute atomic E-state index is 12.3. The van der Waals surface area contributed by atoms with Crippen LogP contribution in [-0.2, 0) is 9.59 Å². The third-order valence-electron chi connectivity index (χ3n) is 5.09. The highest BCUT2D eigenvalue weighted by Gasteiger charge is 2.25. The van der Waals surface area contributed by atoms with Crippen LogP contribution in [-0.4, -0.2) is 67.5 Å². The summed E-state index contributed by atoms with van der Waals surface area (Å²) in [5.74, 6) is 1.41. The summed E-state index contributed by atoms with van der Waals surface area (Å²) < 4.78 is 5.51. The van der Waals surface area contributed by atoms with Crippen molar-refractivity contribution in [2.24, 2.45) is 5.92 Å². The second-order valence-corrected chi connectivity index (χ2v) is 7.34. The molecule has 27 heavy (non-hydrogen) atoms. The third kappa shape index (κ3) is 6.55. The topological polar surface area (TPSA) is 61.9 Å². The molecule has 3 rings (SSSR count). The zero-order valence-corrected chi connectivity index (χ0v) is 16.9. The highest BCUT2D eigenvalue weighted by molar-refractivity contribution is 6.30. The number of hydrogen-bond donors (Lipinski definition) is 1. The molecular weight excluding hydrogens is 389 g/mol. The van der Waals surface area contributed by atoms with Crippen molar-refractivity contribution < 1.29 is 14.3 Å². The molecule has 2 fully saturated rings. The van der Waals surface area contributed by atoms with Crippen molar-refractivity contribution in [3.8, 4) is 5.75 Å². The van der Waals surface area contributed by atoms with Crippen molar-refractivity contribution in [2.45, 2.75) is 19.3 Å². The molecule has 6 nitrogen and oxygen atoms in total. The van der Waals surface area contributed by atoms with Crippen molar-refractivity contribution in [1.82, 2.24) is 15.1 Å². The Balaban J connectivity index is 0.00000261. The zero-order valence-electron chi connectivity index (χ0n) is 15.4. The van der Waals surface area contributed by atoms with Crippen LogP contribution >= 0.6 is 24.0 Å². The van der Waals surface area contributed by atoms with Gasteiger partial charge in [-0.05, 0) is 56.1 Å². The van der Waals surface area contributed by atoms with Gasteiger partial charge in [0, 0.05) is 37.6 Å². The van der Waals surface area contributed by atoms with E-state index in [4.69, 9.17) is 16.3 Å². The quantitative estimate of drug-likeness (QED) is 0.773. The fraction of sp³-hybridized carbons (Fsp3) is 0.579. The fourth-order valence-corrected chi connectivity index (χ4v) is 3.54. The van der Waals surface area contributed by atoms with E-state index in [1.165, 1.54) is 6.42 Å². The van der Waals surface area contributed by atoms with E-state index in [2.05, 4.69) is 5.32 Å². The van der Waals surface area contributed by atoms with Gasteiger partial charge < -0.3 is 19.9 Å². The van der Waals surface area contributed by atoms with Gasteiger partial charge in [-0.1, -0.05) is 11.6 Å². The summed E-state index contributed by atoms with van der Waals surface area (Å²) >= 11 is 5.83. The van der Waals surface area contributed by atoms with Gasteiger partial charge in [-0.25, -0.2) is 0 Å². The summed E-state index contributed by atoms with van der Waals surface area (Å²) in [6, 6.07) is 6.94. The number of piperazine rings is 1. The Labute approximate surface area is 171 Å². The van der Waals surface area contributed by atoms with Gasteiger partial charge in [0.25, 0.3) is 5.91 Å². The minimum absolute atomic E-state index is 0. The summed E-state index contributed by atoms with van der Waals surface area (Å²) in [5, 5.41) is 3.97. The fourth-order valence-electron chi connectivity index (χ4n) is 3.42. The molecule has 1 unspecified atom stereocenters. The molecule has 1 atom stereocenters. The molecule has 1 N–H and O–H groups in total. The van der Waals surface area contributed by atoms with E-state index >= 15 is 0 Å². The van der Waals surface area contributed by atoms with Gasteiger partial charge >= 0.3 is 0 Å². The Morgan fingerprint density at radius 3 is 2.30 bits per heavy atom. The van der Waals surface area contributed by atoms with Gasteiger partial charge in [-0.3, -0.25) is 9.59 Å². The first-order valence-electron chi connectivity index (χ1n) is 9.26. The Hall–Kier alpha value is -1.50. The van der Waals surface area contributed by atoms with Gasteiger partial charge in [0.2, 0.25) is 5.91 Å². The van der Waals surface area contributed by atoms with Crippen molar-refractivity contribution in [3.63, 3.8) is 0 Å². The number of nitrogens with one attached hydrogen (secondary N) is 1. The Morgan fingerprint density at radius 2 is 1.70 bits per heavy atom. The van der Waals surface area contributed by atoms with E-state index in [1.54, 1.807) is 29.2 Å². The lowest BCUT2D eigenvalue weighted by atomic mass is 10.0. The molecule has 2 heterocycles. The Bertz CT molecular complexity index is 613. The number of ether oxygens (including phenoxy) is 1. The number of rotatable bonds is 6. The van der Waals surface area contributed by atoms with Gasteiger partial charge in [-0.15, -0.1) is 12.4 Å². The van der Waals surface area contributed by atoms with Crippen LogP contribution in [0, 0.1) is 5.92 Å². The van der Waals surface area contributed by atoms with Crippen LogP contribution in [0.1, 0.15) is 19.3 Å². The molecule has 0 saturated carbocycles. The Kier molecular flexibility index (Phi) is 8.67. The number of benzene rings is 1. The van der Waals surface area contributed by atoms with E-state index in [0.29, 0.717) is 49.3 Å². The summed E-state index contributed by atoms with van der Waals surface area (Å²) in [5.41, 5.74) is 0. The summed E-state index contributed by atoms with van der Waals surface area (Å²) in [4.78, 5) is 28.3. The Morgan fingerprint density at radius 1 is 1.07 bits per heavy atom. The SMILES string of the molecule is Cl.O=C(CCC1CCNC1)N1CCN(C(=O)COc2ccc(Cl)cc2)CC1. The number of halogens is 2. The molecular formula is C19H27Cl2N3O3. The molecule has 2 aliphatic rings. The molecule has 0 bridgehead atoms. The average molecular weight is 416 g/mol. The zero-order chi connectivity index (χ0) is 18.4. The van der Waals surface area contributed by atoms with Crippen LogP contribution < -0.4 is 10.1 Å². The number of amides is 2. The molecule has 0 aliphatic carbocycles. The van der Waals surface area contributed by atoms with E-state index in [0.717, 1.165) is 19.5 Å². The van der Waals surface area contributed by atoms with E-state index in [-0.39, 0.29) is 30.8 Å². The monoisotopic (exact) mass is 415 g/mol. The summed E-state index contributed by atoms with van der Waals surface area (Å²) in [7, 11) is 0. The normalized spacial score (nSPS) is 19.5. The summed E-state index contributed by atoms with van der Waals surface area (Å²) in [6.45, 7) is 4.45. The lowest BCUT2D eigenvalue weighted by Gasteiger charge is -2.35. The molecule has 2 aliphatic heterocycles. The molecule has 2 amide bonds. The average Bonchev–Trinajstić information content (AvgIpc) is 3.19. The highest BCUT2D eigenvalue weighted by atomic mass is 35.5. The molecule has 0 spiro atoms. The second-order valence-electron chi connectivity index (χ2n) is 6.90. The molecule has 2 saturated heterocycles. The van der Waals surface area contributed by atoms with Gasteiger partial charge in [-0.2, -0.15) is 0 Å². The van der Waals surface area contributed by atoms with Crippen LogP contribution in [0.25, 0.3) is 0 Å². The van der Waals surface area contributed by atoms with Crippen LogP contribution in [0.2, 0.25) is 5.02 Å². The van der Waals surface area contributed by atoms with Gasteiger partial charge in [0.1, 0.15) is 5.75 Å². The molecule has 0 radical (unpaired) electrons. The van der Waals surface area contributed by atoms with Crippen molar-refractivity contribution >= 4 is 35.8 Å². The van der Waals surface area contributed by atoms with Gasteiger partial charge in [0.15, 0.2) is 6.61 Å². The van der Waals surface area contributed by atoms with Crippen LogP contribution in [0.3, 0.4) is 0 Å². The van der Waals surface area contributed by atoms with Gasteiger partial charge in [0.05, 0.1) is 0 Å². The van der Waals surface area contributed by atoms with Crippen molar-refractivity contribution in [3.05, 3.63) is 29.3 Å². The number of nitrogens with zero attached hydrogens (tertiary/aromatic N) is 2. The van der Waals surface area contributed by atoms with Crippen molar-refractivity contribution in [2.75, 3.05) is 45.9 Å². The minimum Gasteiger partial charge on any atom is -0.484 e. The lowest BCUT2D eigenvalue weighted by Crippen LogP contribution is -2.51. The summed E-state index contributed by atoms with van der Waals surface area (Å²) in [6.07, 6.45) is 2.74. The first kappa shape index (κ1) is 21.8. The van der Waals surface area contributed by atoms with Crippen LogP contribution in [0.15, 0.2) is 24.3 Å². The number of hydrogen-bond acceptors (Lipinski definition) is 4. The second kappa shape index (κ2) is 10.7. The van der Waals surface area contributed by atoms with E-state index < -0.39 is 0 Å². The maximum atomic E-state index is 12.3. The molecule has 1 aromatic carbocycles. The predicted molar refractivity (Wildman–Crippen MR) is 108 cm³/mol. The first-order chi connectivity index (χ1) is 12.6. The number of carbonyl (C=O) groups is 2. The molecule has 150 valence electrons. The molecule has 8 heteroatoms. The van der Waals surface area contributed by atoms with E-state index in [9.17, 15) is 9.59 Å². The number of carbonyl (C=O) groups excluding carboxylic acids is 2. The van der Waals surface area contributed by atoms with Crippen LogP contribution in [0.4, 0.5) is 0 Å².